The quantitative estimate of drug-likeness (QED) is 0.901. The zero-order valence-corrected chi connectivity index (χ0v) is 13.3. The van der Waals surface area contributed by atoms with E-state index in [1.165, 1.54) is 13.2 Å². The minimum absolute atomic E-state index is 0.145. The van der Waals surface area contributed by atoms with Gasteiger partial charge in [-0.3, -0.25) is 4.79 Å². The van der Waals surface area contributed by atoms with Gasteiger partial charge < -0.3 is 20.3 Å². The van der Waals surface area contributed by atoms with Gasteiger partial charge in [-0.1, -0.05) is 0 Å². The maximum atomic E-state index is 13.8. The zero-order chi connectivity index (χ0) is 17.1. The van der Waals surface area contributed by atoms with Gasteiger partial charge in [0.05, 0.1) is 7.11 Å². The van der Waals surface area contributed by atoms with E-state index in [-0.39, 0.29) is 17.3 Å². The minimum atomic E-state index is -0.597. The number of halogens is 1. The van der Waals surface area contributed by atoms with Crippen molar-refractivity contribution < 1.29 is 13.9 Å². The number of nitrogens with zero attached hydrogens (tertiary/aromatic N) is 4. The van der Waals surface area contributed by atoms with Crippen molar-refractivity contribution in [1.29, 1.82) is 0 Å². The lowest BCUT2D eigenvalue weighted by Crippen LogP contribution is -2.47. The predicted molar refractivity (Wildman–Crippen MR) is 87.9 cm³/mol. The highest BCUT2D eigenvalue weighted by atomic mass is 19.1. The summed E-state index contributed by atoms with van der Waals surface area (Å²) in [6, 6.07) is 8.26. The third-order valence-electron chi connectivity index (χ3n) is 4.01. The molecule has 0 radical (unpaired) electrons. The molecule has 0 saturated carbocycles. The van der Waals surface area contributed by atoms with Crippen LogP contribution >= 0.6 is 0 Å². The monoisotopic (exact) mass is 331 g/mol. The summed E-state index contributed by atoms with van der Waals surface area (Å²) in [5, 5.41) is 7.86. The van der Waals surface area contributed by atoms with E-state index in [0.29, 0.717) is 5.82 Å². The molecular weight excluding hydrogens is 313 g/mol. The standard InChI is InChI=1S/C16H18FN5O2/c1-24-14-4-2-11(10-12(14)17)21-6-8-22(9-7-21)15-5-3-13(16(18)23)19-20-15/h2-5,10H,6-9H2,1H3,(H2,18,23). The number of piperazine rings is 1. The first kappa shape index (κ1) is 16.0. The smallest absolute Gasteiger partial charge is 0.269 e. The number of aromatic nitrogens is 2. The number of hydrogen-bond donors (Lipinski definition) is 1. The maximum absolute atomic E-state index is 13.8. The fourth-order valence-corrected chi connectivity index (χ4v) is 2.67. The van der Waals surface area contributed by atoms with Gasteiger partial charge in [0.2, 0.25) is 0 Å². The number of anilines is 2. The van der Waals surface area contributed by atoms with Crippen molar-refractivity contribution in [3.05, 3.63) is 41.8 Å². The van der Waals surface area contributed by atoms with Crippen molar-refractivity contribution in [3.8, 4) is 5.75 Å². The van der Waals surface area contributed by atoms with Crippen LogP contribution in [-0.2, 0) is 0 Å². The fourth-order valence-electron chi connectivity index (χ4n) is 2.67. The van der Waals surface area contributed by atoms with Crippen LogP contribution in [0, 0.1) is 5.82 Å². The van der Waals surface area contributed by atoms with E-state index in [1.807, 2.05) is 6.07 Å². The number of ether oxygens (including phenoxy) is 1. The average Bonchev–Trinajstić information content (AvgIpc) is 2.62. The van der Waals surface area contributed by atoms with Crippen molar-refractivity contribution in [2.24, 2.45) is 5.73 Å². The molecule has 1 amide bonds. The molecular formula is C16H18FN5O2. The SMILES string of the molecule is COc1ccc(N2CCN(c3ccc(C(N)=O)nn3)CC2)cc1F. The molecule has 2 aromatic rings. The molecule has 1 aromatic heterocycles. The Kier molecular flexibility index (Phi) is 4.45. The molecule has 8 heteroatoms. The van der Waals surface area contributed by atoms with Gasteiger partial charge in [-0.2, -0.15) is 0 Å². The Morgan fingerprint density at radius 1 is 1.12 bits per heavy atom. The second-order valence-corrected chi connectivity index (χ2v) is 5.43. The Hall–Kier alpha value is -2.90. The van der Waals surface area contributed by atoms with E-state index in [0.717, 1.165) is 31.9 Å². The van der Waals surface area contributed by atoms with Gasteiger partial charge in [0.25, 0.3) is 5.91 Å². The average molecular weight is 331 g/mol. The van der Waals surface area contributed by atoms with E-state index >= 15 is 0 Å². The van der Waals surface area contributed by atoms with Crippen LogP contribution in [0.3, 0.4) is 0 Å². The van der Waals surface area contributed by atoms with Gasteiger partial charge in [-0.05, 0) is 24.3 Å². The third-order valence-corrected chi connectivity index (χ3v) is 4.01. The van der Waals surface area contributed by atoms with E-state index in [2.05, 4.69) is 20.0 Å². The predicted octanol–water partition coefficient (Wildman–Crippen LogP) is 1.05. The molecule has 2 heterocycles. The summed E-state index contributed by atoms with van der Waals surface area (Å²) in [5.74, 6) is -0.0338. The van der Waals surface area contributed by atoms with Gasteiger partial charge in [-0.15, -0.1) is 10.2 Å². The molecule has 1 aliphatic rings. The van der Waals surface area contributed by atoms with Crippen molar-refractivity contribution >= 4 is 17.4 Å². The number of rotatable bonds is 4. The molecule has 7 nitrogen and oxygen atoms in total. The number of hydrogen-bond acceptors (Lipinski definition) is 6. The highest BCUT2D eigenvalue weighted by molar-refractivity contribution is 5.90. The first-order valence-corrected chi connectivity index (χ1v) is 7.55. The molecule has 1 fully saturated rings. The molecule has 0 aliphatic carbocycles. The Bertz CT molecular complexity index is 730. The highest BCUT2D eigenvalue weighted by Crippen LogP contribution is 2.25. The first-order valence-electron chi connectivity index (χ1n) is 7.55. The lowest BCUT2D eigenvalue weighted by molar-refractivity contribution is 0.0994. The topological polar surface area (TPSA) is 84.6 Å². The molecule has 3 rings (SSSR count). The van der Waals surface area contributed by atoms with Crippen molar-refractivity contribution in [2.75, 3.05) is 43.1 Å². The van der Waals surface area contributed by atoms with Crippen LogP contribution in [0.4, 0.5) is 15.9 Å². The fraction of sp³-hybridized carbons (Fsp3) is 0.312. The summed E-state index contributed by atoms with van der Waals surface area (Å²) in [5.41, 5.74) is 6.12. The second-order valence-electron chi connectivity index (χ2n) is 5.43. The summed E-state index contributed by atoms with van der Waals surface area (Å²) < 4.78 is 18.8. The molecule has 1 saturated heterocycles. The van der Waals surface area contributed by atoms with Gasteiger partial charge in [0, 0.05) is 37.9 Å². The third kappa shape index (κ3) is 3.22. The van der Waals surface area contributed by atoms with Gasteiger partial charge >= 0.3 is 0 Å². The molecule has 2 N–H and O–H groups in total. The molecule has 126 valence electrons. The minimum Gasteiger partial charge on any atom is -0.494 e. The van der Waals surface area contributed by atoms with Gasteiger partial charge in [-0.25, -0.2) is 4.39 Å². The van der Waals surface area contributed by atoms with Crippen molar-refractivity contribution in [3.63, 3.8) is 0 Å². The van der Waals surface area contributed by atoms with E-state index < -0.39 is 5.91 Å². The van der Waals surface area contributed by atoms with Crippen LogP contribution in [0.1, 0.15) is 10.5 Å². The Balaban J connectivity index is 1.65. The molecule has 0 atom stereocenters. The van der Waals surface area contributed by atoms with Gasteiger partial charge in [0.1, 0.15) is 0 Å². The number of amides is 1. The van der Waals surface area contributed by atoms with Gasteiger partial charge in [0.15, 0.2) is 23.1 Å². The largest absolute Gasteiger partial charge is 0.494 e. The number of nitrogens with two attached hydrogens (primary N) is 1. The van der Waals surface area contributed by atoms with E-state index in [1.54, 1.807) is 18.2 Å². The molecule has 24 heavy (non-hydrogen) atoms. The molecule has 1 aromatic carbocycles. The maximum Gasteiger partial charge on any atom is 0.269 e. The summed E-state index contributed by atoms with van der Waals surface area (Å²) >= 11 is 0. The summed E-state index contributed by atoms with van der Waals surface area (Å²) in [6.07, 6.45) is 0. The summed E-state index contributed by atoms with van der Waals surface area (Å²) in [4.78, 5) is 15.2. The molecule has 0 bridgehead atoms. The number of primary amides is 1. The van der Waals surface area contributed by atoms with Crippen molar-refractivity contribution in [1.82, 2.24) is 10.2 Å². The molecule has 0 unspecified atom stereocenters. The van der Waals surface area contributed by atoms with Crippen LogP contribution in [0.15, 0.2) is 30.3 Å². The molecule has 0 spiro atoms. The summed E-state index contributed by atoms with van der Waals surface area (Å²) in [7, 11) is 1.45. The first-order chi connectivity index (χ1) is 11.6. The number of methoxy groups -OCH3 is 1. The van der Waals surface area contributed by atoms with Crippen LogP contribution in [0.5, 0.6) is 5.75 Å². The van der Waals surface area contributed by atoms with Crippen LogP contribution in [0.2, 0.25) is 0 Å². The number of carbonyl (C=O) groups is 1. The Morgan fingerprint density at radius 2 is 1.83 bits per heavy atom. The second kappa shape index (κ2) is 6.69. The van der Waals surface area contributed by atoms with E-state index in [9.17, 15) is 9.18 Å². The molecule has 1 aliphatic heterocycles. The number of carbonyl (C=O) groups excluding carboxylic acids is 1. The van der Waals surface area contributed by atoms with Crippen LogP contribution in [0.25, 0.3) is 0 Å². The normalized spacial score (nSPS) is 14.6. The van der Waals surface area contributed by atoms with Crippen LogP contribution in [-0.4, -0.2) is 49.4 Å². The Labute approximate surface area is 138 Å². The van der Waals surface area contributed by atoms with E-state index in [4.69, 9.17) is 10.5 Å². The lowest BCUT2D eigenvalue weighted by atomic mass is 10.2. The highest BCUT2D eigenvalue weighted by Gasteiger charge is 2.20. The number of benzene rings is 1. The van der Waals surface area contributed by atoms with Crippen molar-refractivity contribution in [2.45, 2.75) is 0 Å². The zero-order valence-electron chi connectivity index (χ0n) is 13.3. The Morgan fingerprint density at radius 3 is 2.38 bits per heavy atom. The van der Waals surface area contributed by atoms with Crippen LogP contribution < -0.4 is 20.3 Å². The lowest BCUT2D eigenvalue weighted by Gasteiger charge is -2.36. The summed E-state index contributed by atoms with van der Waals surface area (Å²) in [6.45, 7) is 2.90.